The van der Waals surface area contributed by atoms with E-state index in [1.807, 2.05) is 11.8 Å². The molecule has 0 bridgehead atoms. The Morgan fingerprint density at radius 3 is 2.47 bits per heavy atom. The summed E-state index contributed by atoms with van der Waals surface area (Å²) in [5.74, 6) is 0.711. The molecular formula is C11H19N3O. The highest BCUT2D eigenvalue weighted by Gasteiger charge is 2.07. The van der Waals surface area contributed by atoms with E-state index in [9.17, 15) is 0 Å². The third-order valence-electron chi connectivity index (χ3n) is 2.20. The van der Waals surface area contributed by atoms with Crippen LogP contribution in [-0.2, 0) is 0 Å². The van der Waals surface area contributed by atoms with Crippen molar-refractivity contribution in [2.75, 3.05) is 24.6 Å². The van der Waals surface area contributed by atoms with E-state index in [4.69, 9.17) is 5.11 Å². The molecule has 0 saturated heterocycles. The van der Waals surface area contributed by atoms with Crippen LogP contribution >= 0.6 is 0 Å². The molecule has 15 heavy (non-hydrogen) atoms. The standard InChI is InChI=1S/C11H19N3O/c1-3-4-5-14(6-7-15)11-12-8-10(2)9-13-11/h8-9,15H,3-7H2,1-2H3. The maximum Gasteiger partial charge on any atom is 0.225 e. The van der Waals surface area contributed by atoms with E-state index < -0.39 is 0 Å². The first-order valence-electron chi connectivity index (χ1n) is 5.42. The van der Waals surface area contributed by atoms with E-state index >= 15 is 0 Å². The summed E-state index contributed by atoms with van der Waals surface area (Å²) in [4.78, 5) is 10.5. The van der Waals surface area contributed by atoms with E-state index in [2.05, 4.69) is 16.9 Å². The van der Waals surface area contributed by atoms with Gasteiger partial charge in [-0.1, -0.05) is 13.3 Å². The molecule has 1 aromatic rings. The summed E-state index contributed by atoms with van der Waals surface area (Å²) in [6.45, 7) is 5.75. The minimum Gasteiger partial charge on any atom is -0.395 e. The number of hydrogen-bond donors (Lipinski definition) is 1. The molecule has 1 heterocycles. The van der Waals surface area contributed by atoms with Crippen LogP contribution in [0.4, 0.5) is 5.95 Å². The maximum atomic E-state index is 8.95. The average molecular weight is 209 g/mol. The first-order chi connectivity index (χ1) is 7.27. The van der Waals surface area contributed by atoms with Crippen LogP contribution in [-0.4, -0.2) is 34.8 Å². The van der Waals surface area contributed by atoms with Crippen molar-refractivity contribution in [2.24, 2.45) is 0 Å². The van der Waals surface area contributed by atoms with Gasteiger partial charge in [-0.05, 0) is 18.9 Å². The van der Waals surface area contributed by atoms with Gasteiger partial charge in [0, 0.05) is 25.5 Å². The van der Waals surface area contributed by atoms with Crippen LogP contribution < -0.4 is 4.90 Å². The Morgan fingerprint density at radius 1 is 1.27 bits per heavy atom. The van der Waals surface area contributed by atoms with Crippen molar-refractivity contribution in [3.63, 3.8) is 0 Å². The third kappa shape index (κ3) is 3.83. The molecule has 0 aliphatic rings. The number of hydrogen-bond acceptors (Lipinski definition) is 4. The van der Waals surface area contributed by atoms with Gasteiger partial charge >= 0.3 is 0 Å². The second kappa shape index (κ2) is 6.35. The van der Waals surface area contributed by atoms with Crippen molar-refractivity contribution < 1.29 is 5.11 Å². The highest BCUT2D eigenvalue weighted by molar-refractivity contribution is 5.29. The molecule has 0 atom stereocenters. The van der Waals surface area contributed by atoms with Gasteiger partial charge in [0.1, 0.15) is 0 Å². The zero-order valence-electron chi connectivity index (χ0n) is 9.48. The van der Waals surface area contributed by atoms with Crippen molar-refractivity contribution in [2.45, 2.75) is 26.7 Å². The van der Waals surface area contributed by atoms with Crippen molar-refractivity contribution in [1.29, 1.82) is 0 Å². The number of aryl methyl sites for hydroxylation is 1. The summed E-state index contributed by atoms with van der Waals surface area (Å²) in [5, 5.41) is 8.95. The highest BCUT2D eigenvalue weighted by Crippen LogP contribution is 2.07. The van der Waals surface area contributed by atoms with Crippen molar-refractivity contribution >= 4 is 5.95 Å². The lowest BCUT2D eigenvalue weighted by Gasteiger charge is -2.21. The number of aliphatic hydroxyl groups excluding tert-OH is 1. The van der Waals surface area contributed by atoms with Gasteiger partial charge in [-0.2, -0.15) is 0 Å². The van der Waals surface area contributed by atoms with E-state index in [1.165, 1.54) is 0 Å². The Kier molecular flexibility index (Phi) is 5.04. The number of rotatable bonds is 6. The first-order valence-corrected chi connectivity index (χ1v) is 5.42. The fourth-order valence-corrected chi connectivity index (χ4v) is 1.33. The Bertz CT molecular complexity index is 274. The van der Waals surface area contributed by atoms with E-state index in [0.717, 1.165) is 24.9 Å². The van der Waals surface area contributed by atoms with Gasteiger partial charge in [0.05, 0.1) is 6.61 Å². The summed E-state index contributed by atoms with van der Waals surface area (Å²) in [5.41, 5.74) is 1.05. The molecule has 0 spiro atoms. The smallest absolute Gasteiger partial charge is 0.225 e. The van der Waals surface area contributed by atoms with Crippen LogP contribution in [0.2, 0.25) is 0 Å². The first kappa shape index (κ1) is 11.9. The summed E-state index contributed by atoms with van der Waals surface area (Å²) < 4.78 is 0. The van der Waals surface area contributed by atoms with Crippen LogP contribution in [0.15, 0.2) is 12.4 Å². The minimum atomic E-state index is 0.140. The van der Waals surface area contributed by atoms with Gasteiger partial charge in [-0.3, -0.25) is 0 Å². The zero-order valence-corrected chi connectivity index (χ0v) is 9.48. The van der Waals surface area contributed by atoms with Crippen LogP contribution in [0, 0.1) is 6.92 Å². The molecular weight excluding hydrogens is 190 g/mol. The largest absolute Gasteiger partial charge is 0.395 e. The lowest BCUT2D eigenvalue weighted by Crippen LogP contribution is -2.29. The molecule has 0 aliphatic carbocycles. The van der Waals surface area contributed by atoms with Gasteiger partial charge in [-0.15, -0.1) is 0 Å². The van der Waals surface area contributed by atoms with Crippen LogP contribution in [0.5, 0.6) is 0 Å². The molecule has 4 heteroatoms. The molecule has 0 aromatic carbocycles. The van der Waals surface area contributed by atoms with Gasteiger partial charge in [0.25, 0.3) is 0 Å². The van der Waals surface area contributed by atoms with Gasteiger partial charge in [0.15, 0.2) is 0 Å². The molecule has 0 saturated carbocycles. The van der Waals surface area contributed by atoms with Crippen molar-refractivity contribution in [1.82, 2.24) is 9.97 Å². The van der Waals surface area contributed by atoms with E-state index in [0.29, 0.717) is 12.5 Å². The SMILES string of the molecule is CCCCN(CCO)c1ncc(C)cn1. The second-order valence-corrected chi connectivity index (χ2v) is 3.62. The molecule has 1 rings (SSSR count). The molecule has 0 aliphatic heterocycles. The molecule has 0 radical (unpaired) electrons. The number of anilines is 1. The van der Waals surface area contributed by atoms with Crippen LogP contribution in [0.25, 0.3) is 0 Å². The molecule has 0 unspecified atom stereocenters. The summed E-state index contributed by atoms with van der Waals surface area (Å²) >= 11 is 0. The number of aromatic nitrogens is 2. The van der Waals surface area contributed by atoms with Gasteiger partial charge in [-0.25, -0.2) is 9.97 Å². The molecule has 0 amide bonds. The predicted octanol–water partition coefficient (Wildman–Crippen LogP) is 1.38. The highest BCUT2D eigenvalue weighted by atomic mass is 16.3. The maximum absolute atomic E-state index is 8.95. The minimum absolute atomic E-state index is 0.140. The van der Waals surface area contributed by atoms with E-state index in [1.54, 1.807) is 12.4 Å². The zero-order chi connectivity index (χ0) is 11.1. The monoisotopic (exact) mass is 209 g/mol. The summed E-state index contributed by atoms with van der Waals surface area (Å²) in [6, 6.07) is 0. The fraction of sp³-hybridized carbons (Fsp3) is 0.636. The molecule has 4 nitrogen and oxygen atoms in total. The lowest BCUT2D eigenvalue weighted by atomic mass is 10.3. The Balaban J connectivity index is 2.65. The predicted molar refractivity (Wildman–Crippen MR) is 61.0 cm³/mol. The molecule has 1 aromatic heterocycles. The topological polar surface area (TPSA) is 49.2 Å². The second-order valence-electron chi connectivity index (χ2n) is 3.62. The van der Waals surface area contributed by atoms with Crippen molar-refractivity contribution in [3.05, 3.63) is 18.0 Å². The van der Waals surface area contributed by atoms with Crippen LogP contribution in [0.3, 0.4) is 0 Å². The quantitative estimate of drug-likeness (QED) is 0.769. The lowest BCUT2D eigenvalue weighted by molar-refractivity contribution is 0.301. The molecule has 1 N–H and O–H groups in total. The van der Waals surface area contributed by atoms with Gasteiger partial charge in [0.2, 0.25) is 5.95 Å². The molecule has 84 valence electrons. The number of aliphatic hydroxyl groups is 1. The van der Waals surface area contributed by atoms with Crippen LogP contribution in [0.1, 0.15) is 25.3 Å². The normalized spacial score (nSPS) is 10.3. The number of unbranched alkanes of at least 4 members (excludes halogenated alkanes) is 1. The summed E-state index contributed by atoms with van der Waals surface area (Å²) in [7, 11) is 0. The Hall–Kier alpha value is -1.16. The van der Waals surface area contributed by atoms with Gasteiger partial charge < -0.3 is 10.0 Å². The van der Waals surface area contributed by atoms with Crippen molar-refractivity contribution in [3.8, 4) is 0 Å². The molecule has 0 fully saturated rings. The Labute approximate surface area is 91.0 Å². The average Bonchev–Trinajstić information content (AvgIpc) is 2.25. The summed E-state index contributed by atoms with van der Waals surface area (Å²) in [6.07, 6.45) is 5.84. The number of nitrogens with zero attached hydrogens (tertiary/aromatic N) is 3. The van der Waals surface area contributed by atoms with E-state index in [-0.39, 0.29) is 6.61 Å². The Morgan fingerprint density at radius 2 is 1.93 bits per heavy atom. The third-order valence-corrected chi connectivity index (χ3v) is 2.20. The fourth-order valence-electron chi connectivity index (χ4n) is 1.33.